The van der Waals surface area contributed by atoms with Crippen molar-refractivity contribution in [3.8, 4) is 0 Å². The van der Waals surface area contributed by atoms with Crippen LogP contribution in [0.25, 0.3) is 0 Å². The van der Waals surface area contributed by atoms with Crippen LogP contribution in [0.1, 0.15) is 0 Å². The fraction of sp³-hybridized carbons (Fsp3) is 0.143. The zero-order valence-corrected chi connectivity index (χ0v) is 8.10. The van der Waals surface area contributed by atoms with Crippen LogP contribution in [0.4, 0.5) is 5.69 Å². The molecule has 6 heteroatoms. The quantitative estimate of drug-likeness (QED) is 0.695. The Morgan fingerprint density at radius 2 is 2.08 bits per heavy atom. The summed E-state index contributed by atoms with van der Waals surface area (Å²) in [6.07, 6.45) is 0. The summed E-state index contributed by atoms with van der Waals surface area (Å²) in [5.74, 6) is 0. The zero-order chi connectivity index (χ0) is 9.47. The largest absolute Gasteiger partial charge is 0.358 e. The van der Waals surface area contributed by atoms with Crippen LogP contribution in [0.3, 0.4) is 0 Å². The number of thioether (sulfide) groups is 1. The molecule has 2 N–H and O–H groups in total. The summed E-state index contributed by atoms with van der Waals surface area (Å²) in [5, 5.41) is 2.70. The fourth-order valence-corrected chi connectivity index (χ4v) is 3.00. The molecule has 0 aliphatic carbocycles. The predicted octanol–water partition coefficient (Wildman–Crippen LogP) is 1.38. The Balaban J connectivity index is 2.33. The molecule has 1 aliphatic rings. The lowest BCUT2D eigenvalue weighted by atomic mass is 10.3. The zero-order valence-electron chi connectivity index (χ0n) is 6.47. The Kier molecular flexibility index (Phi) is 1.98. The molecule has 0 fully saturated rings. The highest BCUT2D eigenvalue weighted by atomic mass is 32.3. The van der Waals surface area contributed by atoms with Gasteiger partial charge in [0, 0.05) is 10.6 Å². The first-order valence-electron chi connectivity index (χ1n) is 3.56. The summed E-state index contributed by atoms with van der Waals surface area (Å²) < 4.78 is 29.4. The summed E-state index contributed by atoms with van der Waals surface area (Å²) in [4.78, 5) is 0.838. The van der Waals surface area contributed by atoms with E-state index in [1.807, 2.05) is 6.07 Å². The average Bonchev–Trinajstić information content (AvgIpc) is 2.45. The highest BCUT2D eigenvalue weighted by Gasteiger charge is 2.30. The molecule has 1 aromatic carbocycles. The lowest BCUT2D eigenvalue weighted by Crippen LogP contribution is -2.21. The van der Waals surface area contributed by atoms with Crippen molar-refractivity contribution in [3.05, 3.63) is 24.3 Å². The number of rotatable bonds is 1. The van der Waals surface area contributed by atoms with E-state index in [0.717, 1.165) is 22.3 Å². The Labute approximate surface area is 80.1 Å². The van der Waals surface area contributed by atoms with Crippen molar-refractivity contribution in [2.75, 3.05) is 5.32 Å². The number of fused-ring (bicyclic) bond motifs is 1. The third kappa shape index (κ3) is 1.65. The van der Waals surface area contributed by atoms with Crippen molar-refractivity contribution in [1.29, 1.82) is 0 Å². The highest BCUT2D eigenvalue weighted by Crippen LogP contribution is 2.39. The van der Waals surface area contributed by atoms with Crippen molar-refractivity contribution in [1.82, 2.24) is 0 Å². The van der Waals surface area contributed by atoms with E-state index in [0.29, 0.717) is 0 Å². The van der Waals surface area contributed by atoms with Gasteiger partial charge < -0.3 is 5.32 Å². The number of hydrogen-bond donors (Lipinski definition) is 2. The van der Waals surface area contributed by atoms with Gasteiger partial charge in [0.25, 0.3) is 10.1 Å². The first kappa shape index (κ1) is 8.86. The van der Waals surface area contributed by atoms with E-state index in [4.69, 9.17) is 4.55 Å². The van der Waals surface area contributed by atoms with E-state index >= 15 is 0 Å². The van der Waals surface area contributed by atoms with Crippen LogP contribution in [0.15, 0.2) is 29.2 Å². The topological polar surface area (TPSA) is 66.4 Å². The maximum Gasteiger partial charge on any atom is 0.296 e. The van der Waals surface area contributed by atoms with E-state index in [1.165, 1.54) is 0 Å². The van der Waals surface area contributed by atoms with Gasteiger partial charge in [-0.25, -0.2) is 0 Å². The second-order valence-corrected chi connectivity index (χ2v) is 5.55. The molecule has 1 aliphatic heterocycles. The summed E-state index contributed by atoms with van der Waals surface area (Å²) in [7, 11) is -4.02. The third-order valence-corrected chi connectivity index (χ3v) is 4.28. The van der Waals surface area contributed by atoms with E-state index < -0.39 is 14.8 Å². The minimum Gasteiger partial charge on any atom is -0.358 e. The first-order chi connectivity index (χ1) is 6.07. The second kappa shape index (κ2) is 2.90. The molecule has 2 rings (SSSR count). The average molecular weight is 217 g/mol. The van der Waals surface area contributed by atoms with Gasteiger partial charge in [0.1, 0.15) is 0 Å². The van der Waals surface area contributed by atoms with Gasteiger partial charge in [-0.15, -0.1) is 0 Å². The molecule has 1 aromatic rings. The van der Waals surface area contributed by atoms with Crippen LogP contribution < -0.4 is 5.32 Å². The number of anilines is 1. The Morgan fingerprint density at radius 3 is 2.69 bits per heavy atom. The van der Waals surface area contributed by atoms with Gasteiger partial charge in [-0.1, -0.05) is 23.9 Å². The van der Waals surface area contributed by atoms with Crippen molar-refractivity contribution in [2.24, 2.45) is 0 Å². The van der Waals surface area contributed by atoms with Gasteiger partial charge >= 0.3 is 0 Å². The van der Waals surface area contributed by atoms with Gasteiger partial charge in [-0.2, -0.15) is 8.42 Å². The molecule has 0 radical (unpaired) electrons. The van der Waals surface area contributed by atoms with E-state index in [9.17, 15) is 8.42 Å². The number of hydrogen-bond acceptors (Lipinski definition) is 4. The summed E-state index contributed by atoms with van der Waals surface area (Å²) in [6.45, 7) is 0. The van der Waals surface area contributed by atoms with Gasteiger partial charge in [-0.05, 0) is 12.1 Å². The summed E-state index contributed by atoms with van der Waals surface area (Å²) in [5.41, 5.74) is 0.745. The van der Waals surface area contributed by atoms with E-state index in [-0.39, 0.29) is 0 Å². The minimum atomic E-state index is -4.02. The van der Waals surface area contributed by atoms with Gasteiger partial charge in [-0.3, -0.25) is 4.55 Å². The van der Waals surface area contributed by atoms with Gasteiger partial charge in [0.15, 0.2) is 0 Å². The normalized spacial score (nSPS) is 20.8. The lowest BCUT2D eigenvalue weighted by Gasteiger charge is -2.04. The smallest absolute Gasteiger partial charge is 0.296 e. The number of benzene rings is 1. The molecule has 0 aromatic heterocycles. The third-order valence-electron chi connectivity index (χ3n) is 1.66. The highest BCUT2D eigenvalue weighted by molar-refractivity contribution is 8.12. The molecule has 0 saturated heterocycles. The monoisotopic (exact) mass is 217 g/mol. The van der Waals surface area contributed by atoms with Gasteiger partial charge in [0.2, 0.25) is 4.71 Å². The molecule has 0 bridgehead atoms. The van der Waals surface area contributed by atoms with Crippen LogP contribution in [-0.4, -0.2) is 17.7 Å². The summed E-state index contributed by atoms with van der Waals surface area (Å²) in [6, 6.07) is 7.20. The van der Waals surface area contributed by atoms with E-state index in [1.54, 1.807) is 18.2 Å². The molecule has 0 amide bonds. The molecule has 4 nitrogen and oxygen atoms in total. The number of nitrogens with one attached hydrogen (secondary N) is 1. The second-order valence-electron chi connectivity index (χ2n) is 2.61. The molecule has 1 unspecified atom stereocenters. The van der Waals surface area contributed by atoms with Crippen molar-refractivity contribution < 1.29 is 13.0 Å². The van der Waals surface area contributed by atoms with E-state index in [2.05, 4.69) is 5.32 Å². The van der Waals surface area contributed by atoms with Crippen LogP contribution in [0.2, 0.25) is 0 Å². The molecule has 1 heterocycles. The molecule has 13 heavy (non-hydrogen) atoms. The Morgan fingerprint density at radius 1 is 1.38 bits per heavy atom. The van der Waals surface area contributed by atoms with Crippen molar-refractivity contribution in [3.63, 3.8) is 0 Å². The van der Waals surface area contributed by atoms with Crippen molar-refractivity contribution in [2.45, 2.75) is 9.60 Å². The van der Waals surface area contributed by atoms with Crippen molar-refractivity contribution >= 4 is 27.6 Å². The van der Waals surface area contributed by atoms with Crippen LogP contribution in [-0.2, 0) is 10.1 Å². The molecule has 70 valence electrons. The maximum absolute atomic E-state index is 10.8. The first-order valence-corrected chi connectivity index (χ1v) is 5.94. The Bertz CT molecular complexity index is 404. The molecular weight excluding hydrogens is 210 g/mol. The summed E-state index contributed by atoms with van der Waals surface area (Å²) >= 11 is 1.09. The number of para-hydroxylation sites is 1. The molecular formula is C7H7NO3S2. The minimum absolute atomic E-state index is 0.745. The van der Waals surface area contributed by atoms with Crippen LogP contribution in [0, 0.1) is 0 Å². The maximum atomic E-state index is 10.8. The van der Waals surface area contributed by atoms with Gasteiger partial charge in [0.05, 0.1) is 0 Å². The predicted molar refractivity (Wildman–Crippen MR) is 51.3 cm³/mol. The van der Waals surface area contributed by atoms with Crippen LogP contribution in [0.5, 0.6) is 0 Å². The SMILES string of the molecule is O=S(=O)(O)C1Nc2ccccc2S1. The molecule has 0 spiro atoms. The molecule has 0 saturated carbocycles. The van der Waals surface area contributed by atoms with Crippen LogP contribution >= 0.6 is 11.8 Å². The fourth-order valence-electron chi connectivity index (χ4n) is 1.10. The molecule has 1 atom stereocenters. The lowest BCUT2D eigenvalue weighted by molar-refractivity contribution is 0.483. The standard InChI is InChI=1S/C7H7NO3S2/c9-13(10,11)7-8-5-3-1-2-4-6(5)12-7/h1-4,7-8H,(H,9,10,11). The Hall–Kier alpha value is -0.720.